The van der Waals surface area contributed by atoms with Gasteiger partial charge < -0.3 is 5.32 Å². The molecule has 0 aromatic heterocycles. The molecule has 0 aliphatic heterocycles. The third kappa shape index (κ3) is 6.27. The van der Waals surface area contributed by atoms with E-state index in [9.17, 15) is 21.6 Å². The van der Waals surface area contributed by atoms with Gasteiger partial charge in [0.1, 0.15) is 6.10 Å². The topological polar surface area (TPSA) is 75.6 Å². The molecule has 0 radical (unpaired) electrons. The van der Waals surface area contributed by atoms with Crippen molar-refractivity contribution in [1.82, 2.24) is 5.32 Å². The average Bonchev–Trinajstić information content (AvgIpc) is 2.71. The fourth-order valence-electron chi connectivity index (χ4n) is 3.50. The van der Waals surface area contributed by atoms with Crippen molar-refractivity contribution in [2.45, 2.75) is 31.7 Å². The first-order valence-electron chi connectivity index (χ1n) is 9.58. The van der Waals surface area contributed by atoms with Crippen LogP contribution in [-0.2, 0) is 20.8 Å². The molecule has 3 aromatic rings. The SMILES string of the molecule is C[C@@H](NCC[C@H](OS(=O)(=O)O)c1cccc(C(F)(F)F)c1)c1cccc2ccccc12. The van der Waals surface area contributed by atoms with E-state index in [1.54, 1.807) is 0 Å². The Labute approximate surface area is 178 Å². The second-order valence-electron chi connectivity index (χ2n) is 7.17. The van der Waals surface area contributed by atoms with Crippen LogP contribution in [0.1, 0.15) is 42.2 Å². The second-order valence-corrected chi connectivity index (χ2v) is 8.22. The molecule has 5 nitrogen and oxygen atoms in total. The zero-order chi connectivity index (χ0) is 22.6. The lowest BCUT2D eigenvalue weighted by atomic mass is 9.99. The minimum Gasteiger partial charge on any atom is -0.310 e. The number of hydrogen-bond donors (Lipinski definition) is 2. The van der Waals surface area contributed by atoms with Gasteiger partial charge in [-0.15, -0.1) is 0 Å². The minimum absolute atomic E-state index is 0.00654. The summed E-state index contributed by atoms with van der Waals surface area (Å²) in [6.07, 6.45) is -5.83. The summed E-state index contributed by atoms with van der Waals surface area (Å²) in [5.41, 5.74) is 0.113. The van der Waals surface area contributed by atoms with E-state index in [2.05, 4.69) is 9.50 Å². The fourth-order valence-corrected chi connectivity index (χ4v) is 4.00. The number of benzene rings is 3. The average molecular weight is 453 g/mol. The summed E-state index contributed by atoms with van der Waals surface area (Å²) < 4.78 is 75.3. The van der Waals surface area contributed by atoms with Crippen LogP contribution in [0.2, 0.25) is 0 Å². The monoisotopic (exact) mass is 453 g/mol. The van der Waals surface area contributed by atoms with Crippen molar-refractivity contribution in [3.8, 4) is 0 Å². The molecule has 0 saturated heterocycles. The molecular weight excluding hydrogens is 431 g/mol. The summed E-state index contributed by atoms with van der Waals surface area (Å²) in [4.78, 5) is 0. The van der Waals surface area contributed by atoms with Gasteiger partial charge in [-0.05, 0) is 53.9 Å². The molecule has 3 rings (SSSR count). The molecule has 0 unspecified atom stereocenters. The van der Waals surface area contributed by atoms with E-state index in [0.29, 0.717) is 0 Å². The van der Waals surface area contributed by atoms with Gasteiger partial charge in [0, 0.05) is 6.04 Å². The predicted octanol–water partition coefficient (Wildman–Crippen LogP) is 5.46. The molecule has 2 atom stereocenters. The zero-order valence-corrected chi connectivity index (χ0v) is 17.5. The summed E-state index contributed by atoms with van der Waals surface area (Å²) >= 11 is 0. The van der Waals surface area contributed by atoms with Crippen molar-refractivity contribution < 1.29 is 30.3 Å². The first-order valence-corrected chi connectivity index (χ1v) is 10.9. The Morgan fingerprint density at radius 2 is 1.71 bits per heavy atom. The van der Waals surface area contributed by atoms with Crippen LogP contribution in [-0.4, -0.2) is 19.5 Å². The first-order chi connectivity index (χ1) is 14.5. The highest BCUT2D eigenvalue weighted by Crippen LogP contribution is 2.33. The lowest BCUT2D eigenvalue weighted by Crippen LogP contribution is -2.23. The zero-order valence-electron chi connectivity index (χ0n) is 16.6. The molecule has 166 valence electrons. The van der Waals surface area contributed by atoms with E-state index in [0.717, 1.165) is 28.5 Å². The third-order valence-electron chi connectivity index (χ3n) is 4.97. The van der Waals surface area contributed by atoms with Gasteiger partial charge in [-0.3, -0.25) is 4.55 Å². The van der Waals surface area contributed by atoms with Crippen molar-refractivity contribution in [2.24, 2.45) is 0 Å². The number of nitrogens with one attached hydrogen (secondary N) is 1. The number of rotatable bonds is 8. The summed E-state index contributed by atoms with van der Waals surface area (Å²) in [5, 5.41) is 5.38. The maximum Gasteiger partial charge on any atom is 0.416 e. The number of alkyl halides is 3. The van der Waals surface area contributed by atoms with E-state index in [1.165, 1.54) is 12.1 Å². The van der Waals surface area contributed by atoms with Crippen LogP contribution in [0.4, 0.5) is 13.2 Å². The summed E-state index contributed by atoms with van der Waals surface area (Å²) in [5.74, 6) is 0. The van der Waals surface area contributed by atoms with E-state index in [1.807, 2.05) is 49.4 Å². The molecule has 9 heteroatoms. The van der Waals surface area contributed by atoms with Gasteiger partial charge in [-0.1, -0.05) is 54.6 Å². The molecule has 0 aliphatic carbocycles. The molecule has 3 aromatic carbocycles. The highest BCUT2D eigenvalue weighted by Gasteiger charge is 2.31. The van der Waals surface area contributed by atoms with Crippen LogP contribution in [0.5, 0.6) is 0 Å². The highest BCUT2D eigenvalue weighted by molar-refractivity contribution is 7.80. The molecule has 31 heavy (non-hydrogen) atoms. The molecular formula is C22H22F3NO4S. The highest BCUT2D eigenvalue weighted by atomic mass is 32.3. The second kappa shape index (κ2) is 9.35. The van der Waals surface area contributed by atoms with E-state index in [-0.39, 0.29) is 24.6 Å². The molecule has 0 aliphatic rings. The van der Waals surface area contributed by atoms with E-state index in [4.69, 9.17) is 4.55 Å². The fraction of sp³-hybridized carbons (Fsp3) is 0.273. The molecule has 0 spiro atoms. The maximum atomic E-state index is 13.0. The number of fused-ring (bicyclic) bond motifs is 1. The normalized spacial score (nSPS) is 14.5. The van der Waals surface area contributed by atoms with Gasteiger partial charge in [0.2, 0.25) is 0 Å². The van der Waals surface area contributed by atoms with Crippen molar-refractivity contribution >= 4 is 21.2 Å². The van der Waals surface area contributed by atoms with Crippen LogP contribution in [0.15, 0.2) is 66.7 Å². The Morgan fingerprint density at radius 3 is 2.42 bits per heavy atom. The molecule has 0 amide bonds. The Morgan fingerprint density at radius 1 is 1.03 bits per heavy atom. The van der Waals surface area contributed by atoms with Crippen molar-refractivity contribution in [1.29, 1.82) is 0 Å². The van der Waals surface area contributed by atoms with Crippen LogP contribution in [0.25, 0.3) is 10.8 Å². The van der Waals surface area contributed by atoms with Gasteiger partial charge in [0.25, 0.3) is 0 Å². The summed E-state index contributed by atoms with van der Waals surface area (Å²) in [7, 11) is -4.86. The Kier molecular flexibility index (Phi) is 7.00. The number of hydrogen-bond acceptors (Lipinski definition) is 4. The maximum absolute atomic E-state index is 13.0. The molecule has 2 N–H and O–H groups in total. The summed E-state index contributed by atoms with van der Waals surface area (Å²) in [6.45, 7) is 2.17. The molecule has 0 bridgehead atoms. The van der Waals surface area contributed by atoms with Crippen LogP contribution >= 0.6 is 0 Å². The van der Waals surface area contributed by atoms with Crippen molar-refractivity contribution in [3.05, 3.63) is 83.4 Å². The standard InChI is InChI=1S/C22H22F3NO4S/c1-15(19-11-5-7-16-6-2-3-10-20(16)19)26-13-12-21(30-31(27,28)29)17-8-4-9-18(14-17)22(23,24)25/h2-11,14-15,21,26H,12-13H2,1H3,(H,27,28,29)/t15-,21+/m1/s1. The van der Waals surface area contributed by atoms with Gasteiger partial charge >= 0.3 is 16.6 Å². The van der Waals surface area contributed by atoms with Gasteiger partial charge in [0.05, 0.1) is 5.56 Å². The third-order valence-corrected chi connectivity index (χ3v) is 5.45. The predicted molar refractivity (Wildman–Crippen MR) is 112 cm³/mol. The van der Waals surface area contributed by atoms with Crippen LogP contribution < -0.4 is 5.32 Å². The quantitative estimate of drug-likeness (QED) is 0.443. The van der Waals surface area contributed by atoms with Crippen molar-refractivity contribution in [2.75, 3.05) is 6.54 Å². The van der Waals surface area contributed by atoms with Crippen LogP contribution in [0, 0.1) is 0 Å². The lowest BCUT2D eigenvalue weighted by Gasteiger charge is -2.20. The molecule has 0 fully saturated rings. The van der Waals surface area contributed by atoms with Gasteiger partial charge in [0.15, 0.2) is 0 Å². The van der Waals surface area contributed by atoms with Crippen molar-refractivity contribution in [3.63, 3.8) is 0 Å². The number of halogens is 3. The van der Waals surface area contributed by atoms with Crippen LogP contribution in [0.3, 0.4) is 0 Å². The molecule has 0 saturated carbocycles. The lowest BCUT2D eigenvalue weighted by molar-refractivity contribution is -0.137. The van der Waals surface area contributed by atoms with E-state index < -0.39 is 28.2 Å². The Balaban J connectivity index is 1.75. The Hall–Kier alpha value is -2.46. The van der Waals surface area contributed by atoms with Gasteiger partial charge in [-0.2, -0.15) is 21.6 Å². The van der Waals surface area contributed by atoms with E-state index >= 15 is 0 Å². The largest absolute Gasteiger partial charge is 0.416 e. The smallest absolute Gasteiger partial charge is 0.310 e. The molecule has 0 heterocycles. The first kappa shape index (κ1) is 23.2. The summed E-state index contributed by atoms with van der Waals surface area (Å²) in [6, 6.07) is 17.9. The minimum atomic E-state index is -4.86. The van der Waals surface area contributed by atoms with Gasteiger partial charge in [-0.25, -0.2) is 4.18 Å². The Bertz CT molecular complexity index is 1140.